The molecule has 0 aliphatic carbocycles. The molecule has 0 bridgehead atoms. The van der Waals surface area contributed by atoms with E-state index in [9.17, 15) is 26.4 Å². The molecule has 3 rings (SSSR count). The molecule has 1 N–H and O–H groups in total. The average Bonchev–Trinajstić information content (AvgIpc) is 2.74. The standard InChI is InChI=1S/C20H19BrF3N3O3S/c21-16-5-7-17(8-6-16)31(29,30)27-11-9-14(10-12-27)19(28)26-25-13-15-3-1-2-4-18(15)20(22,23)24/h1-8,13-14H,9-12H2,(H,26,28)/b25-13-. The van der Waals surface area contributed by atoms with Crippen molar-refractivity contribution in [3.05, 3.63) is 64.1 Å². The molecule has 1 amide bonds. The van der Waals surface area contributed by atoms with E-state index in [1.54, 1.807) is 12.1 Å². The Bertz CT molecular complexity index is 1070. The highest BCUT2D eigenvalue weighted by atomic mass is 79.9. The van der Waals surface area contributed by atoms with Gasteiger partial charge in [-0.2, -0.15) is 22.6 Å². The number of hydrazone groups is 1. The molecular weight excluding hydrogens is 499 g/mol. The summed E-state index contributed by atoms with van der Waals surface area (Å²) >= 11 is 3.26. The average molecular weight is 518 g/mol. The largest absolute Gasteiger partial charge is 0.417 e. The summed E-state index contributed by atoms with van der Waals surface area (Å²) in [6.07, 6.45) is -3.00. The first-order valence-corrected chi connectivity index (χ1v) is 11.6. The van der Waals surface area contributed by atoms with Gasteiger partial charge in [0.1, 0.15) is 0 Å². The van der Waals surface area contributed by atoms with Gasteiger partial charge in [-0.25, -0.2) is 13.8 Å². The van der Waals surface area contributed by atoms with E-state index < -0.39 is 33.6 Å². The molecule has 0 aromatic heterocycles. The van der Waals surface area contributed by atoms with E-state index in [0.717, 1.165) is 16.8 Å². The Morgan fingerprint density at radius 1 is 1.10 bits per heavy atom. The van der Waals surface area contributed by atoms with Crippen LogP contribution in [0.15, 0.2) is 63.0 Å². The molecule has 1 fully saturated rings. The molecule has 1 heterocycles. The maximum Gasteiger partial charge on any atom is 0.417 e. The first-order valence-electron chi connectivity index (χ1n) is 9.34. The van der Waals surface area contributed by atoms with Crippen molar-refractivity contribution in [2.24, 2.45) is 11.0 Å². The van der Waals surface area contributed by atoms with E-state index in [0.29, 0.717) is 0 Å². The van der Waals surface area contributed by atoms with Crippen LogP contribution in [0.5, 0.6) is 0 Å². The summed E-state index contributed by atoms with van der Waals surface area (Å²) in [5.74, 6) is -0.937. The number of hydrogen-bond acceptors (Lipinski definition) is 4. The maximum atomic E-state index is 13.0. The zero-order valence-electron chi connectivity index (χ0n) is 16.1. The predicted molar refractivity (Wildman–Crippen MR) is 113 cm³/mol. The van der Waals surface area contributed by atoms with Gasteiger partial charge in [-0.1, -0.05) is 34.1 Å². The minimum atomic E-state index is -4.53. The Hall–Kier alpha value is -2.24. The molecule has 1 saturated heterocycles. The van der Waals surface area contributed by atoms with E-state index in [-0.39, 0.29) is 36.4 Å². The van der Waals surface area contributed by atoms with Gasteiger partial charge in [0, 0.05) is 29.0 Å². The fourth-order valence-electron chi connectivity index (χ4n) is 3.24. The molecule has 2 aromatic carbocycles. The molecule has 166 valence electrons. The molecule has 1 aliphatic rings. The molecule has 1 aliphatic heterocycles. The second-order valence-electron chi connectivity index (χ2n) is 6.95. The minimum absolute atomic E-state index is 0.161. The van der Waals surface area contributed by atoms with Gasteiger partial charge in [0.05, 0.1) is 16.7 Å². The van der Waals surface area contributed by atoms with Crippen LogP contribution in [0.25, 0.3) is 0 Å². The van der Waals surface area contributed by atoms with E-state index >= 15 is 0 Å². The Morgan fingerprint density at radius 3 is 2.32 bits per heavy atom. The summed E-state index contributed by atoms with van der Waals surface area (Å²) in [5.41, 5.74) is 1.25. The van der Waals surface area contributed by atoms with Crippen molar-refractivity contribution < 1.29 is 26.4 Å². The van der Waals surface area contributed by atoms with E-state index in [2.05, 4.69) is 26.5 Å². The van der Waals surface area contributed by atoms with Crippen molar-refractivity contribution in [3.8, 4) is 0 Å². The molecule has 2 aromatic rings. The molecule has 31 heavy (non-hydrogen) atoms. The van der Waals surface area contributed by atoms with Crippen LogP contribution in [0.3, 0.4) is 0 Å². The Kier molecular flexibility index (Phi) is 7.17. The van der Waals surface area contributed by atoms with Crippen LogP contribution >= 0.6 is 15.9 Å². The monoisotopic (exact) mass is 517 g/mol. The minimum Gasteiger partial charge on any atom is -0.273 e. The topological polar surface area (TPSA) is 78.8 Å². The summed E-state index contributed by atoms with van der Waals surface area (Å²) in [6.45, 7) is 0.328. The first kappa shape index (κ1) is 23.4. The van der Waals surface area contributed by atoms with Crippen LogP contribution < -0.4 is 5.43 Å². The number of rotatable bonds is 5. The smallest absolute Gasteiger partial charge is 0.273 e. The highest BCUT2D eigenvalue weighted by molar-refractivity contribution is 9.10. The van der Waals surface area contributed by atoms with Crippen LogP contribution in [-0.2, 0) is 21.0 Å². The highest BCUT2D eigenvalue weighted by Crippen LogP contribution is 2.31. The van der Waals surface area contributed by atoms with Crippen LogP contribution in [-0.4, -0.2) is 37.9 Å². The van der Waals surface area contributed by atoms with Crippen molar-refractivity contribution >= 4 is 38.1 Å². The van der Waals surface area contributed by atoms with Crippen LogP contribution in [0.2, 0.25) is 0 Å². The van der Waals surface area contributed by atoms with Gasteiger partial charge < -0.3 is 0 Å². The van der Waals surface area contributed by atoms with E-state index in [1.807, 2.05) is 0 Å². The number of sulfonamides is 1. The number of nitrogens with one attached hydrogen (secondary N) is 1. The number of nitrogens with zero attached hydrogens (tertiary/aromatic N) is 2. The lowest BCUT2D eigenvalue weighted by Crippen LogP contribution is -2.42. The molecule has 0 saturated carbocycles. The second kappa shape index (κ2) is 9.49. The van der Waals surface area contributed by atoms with Crippen molar-refractivity contribution in [3.63, 3.8) is 0 Å². The number of piperidine rings is 1. The Balaban J connectivity index is 1.58. The quantitative estimate of drug-likeness (QED) is 0.480. The molecule has 0 atom stereocenters. The summed E-state index contributed by atoms with van der Waals surface area (Å²) < 4.78 is 66.5. The highest BCUT2D eigenvalue weighted by Gasteiger charge is 2.33. The fourth-order valence-corrected chi connectivity index (χ4v) is 4.97. The predicted octanol–water partition coefficient (Wildman–Crippen LogP) is 4.02. The third-order valence-electron chi connectivity index (χ3n) is 4.92. The van der Waals surface area contributed by atoms with Gasteiger partial charge >= 0.3 is 6.18 Å². The molecule has 0 spiro atoms. The summed E-state index contributed by atoms with van der Waals surface area (Å²) in [5, 5.41) is 3.65. The number of carbonyl (C=O) groups excluding carboxylic acids is 1. The molecule has 11 heteroatoms. The number of amides is 1. The van der Waals surface area contributed by atoms with E-state index in [4.69, 9.17) is 0 Å². The Morgan fingerprint density at radius 2 is 1.71 bits per heavy atom. The zero-order valence-corrected chi connectivity index (χ0v) is 18.5. The molecule has 0 radical (unpaired) electrons. The lowest BCUT2D eigenvalue weighted by molar-refractivity contribution is -0.137. The number of carbonyl (C=O) groups is 1. The van der Waals surface area contributed by atoms with Gasteiger partial charge in [-0.3, -0.25) is 4.79 Å². The Labute approximate surface area is 186 Å². The summed E-state index contributed by atoms with van der Waals surface area (Å²) in [7, 11) is -3.66. The SMILES string of the molecule is O=C(N/N=C\c1ccccc1C(F)(F)F)C1CCN(S(=O)(=O)c2ccc(Br)cc2)CC1. The van der Waals surface area contributed by atoms with Gasteiger partial charge in [-0.15, -0.1) is 0 Å². The number of hydrogen-bond donors (Lipinski definition) is 1. The van der Waals surface area contributed by atoms with E-state index in [1.165, 1.54) is 34.6 Å². The molecule has 6 nitrogen and oxygen atoms in total. The van der Waals surface area contributed by atoms with Gasteiger partial charge in [-0.05, 0) is 43.2 Å². The van der Waals surface area contributed by atoms with Gasteiger partial charge in [0.2, 0.25) is 15.9 Å². The van der Waals surface area contributed by atoms with Crippen molar-refractivity contribution in [2.45, 2.75) is 23.9 Å². The van der Waals surface area contributed by atoms with Crippen LogP contribution in [0, 0.1) is 5.92 Å². The van der Waals surface area contributed by atoms with Crippen LogP contribution in [0.1, 0.15) is 24.0 Å². The number of alkyl halides is 3. The second-order valence-corrected chi connectivity index (χ2v) is 9.81. The van der Waals surface area contributed by atoms with Crippen molar-refractivity contribution in [1.29, 1.82) is 0 Å². The normalized spacial score (nSPS) is 16.5. The van der Waals surface area contributed by atoms with Crippen LogP contribution in [0.4, 0.5) is 13.2 Å². The zero-order chi connectivity index (χ0) is 22.6. The number of benzene rings is 2. The lowest BCUT2D eigenvalue weighted by Gasteiger charge is -2.30. The van der Waals surface area contributed by atoms with Gasteiger partial charge in [0.15, 0.2) is 0 Å². The number of halogens is 4. The lowest BCUT2D eigenvalue weighted by atomic mass is 9.98. The third-order valence-corrected chi connectivity index (χ3v) is 7.36. The van der Waals surface area contributed by atoms with Crippen molar-refractivity contribution in [2.75, 3.05) is 13.1 Å². The molecular formula is C20H19BrF3N3O3S. The van der Waals surface area contributed by atoms with Crippen molar-refractivity contribution in [1.82, 2.24) is 9.73 Å². The fraction of sp³-hybridized carbons (Fsp3) is 0.300. The summed E-state index contributed by atoms with van der Waals surface area (Å²) in [4.78, 5) is 12.5. The third kappa shape index (κ3) is 5.72. The maximum absolute atomic E-state index is 13.0. The van der Waals surface area contributed by atoms with Gasteiger partial charge in [0.25, 0.3) is 0 Å². The first-order chi connectivity index (χ1) is 14.6. The summed E-state index contributed by atoms with van der Waals surface area (Å²) in [6, 6.07) is 11.2. The molecule has 0 unspecified atom stereocenters.